The van der Waals surface area contributed by atoms with Crippen LogP contribution in [-0.4, -0.2) is 102 Å². The van der Waals surface area contributed by atoms with Gasteiger partial charge in [-0.3, -0.25) is 24.0 Å². The molecule has 0 radical (unpaired) electrons. The smallest absolute Gasteiger partial charge is 0.410 e. The molecule has 3 N–H and O–H groups in total. The Labute approximate surface area is 302 Å². The number of amides is 6. The highest BCUT2D eigenvalue weighted by atomic mass is 32.2. The normalized spacial score (nSPS) is 29.5. The summed E-state index contributed by atoms with van der Waals surface area (Å²) in [5, 5.41) is 5.10. The molecule has 7 rings (SSSR count). The second-order valence-electron chi connectivity index (χ2n) is 15.0. The van der Waals surface area contributed by atoms with Gasteiger partial charge in [-0.1, -0.05) is 37.1 Å². The Balaban J connectivity index is 1.13. The summed E-state index contributed by atoms with van der Waals surface area (Å²) >= 11 is 0. The molecule has 282 valence electrons. The Morgan fingerprint density at radius 1 is 0.962 bits per heavy atom. The number of carbonyl (C=O) groups is 5. The van der Waals surface area contributed by atoms with Crippen LogP contribution in [0.3, 0.4) is 0 Å². The molecule has 0 bridgehead atoms. The SMILES string of the molecule is O=C1N[C@]2(C(=O)NS(=O)(=O)C3CC3)C[C@H]2C=CCCCCC[C@H](NC(=O)N2CCCCC2)C(=O)N2C[C@H](OC(=O)N3Cc4cccc(F)c4C3)C[C@@H]12. The lowest BCUT2D eigenvalue weighted by Gasteiger charge is -2.32. The van der Waals surface area contributed by atoms with E-state index in [1.807, 2.05) is 12.2 Å². The summed E-state index contributed by atoms with van der Waals surface area (Å²) in [6.07, 6.45) is 9.11. The van der Waals surface area contributed by atoms with Crippen LogP contribution in [0.1, 0.15) is 88.2 Å². The zero-order valence-electron chi connectivity index (χ0n) is 29.2. The molecule has 14 nitrogen and oxygen atoms in total. The Morgan fingerprint density at radius 3 is 2.48 bits per heavy atom. The third kappa shape index (κ3) is 7.62. The van der Waals surface area contributed by atoms with Crippen LogP contribution in [0.2, 0.25) is 0 Å². The minimum atomic E-state index is -3.91. The Kier molecular flexibility index (Phi) is 10.2. The lowest BCUT2D eigenvalue weighted by Crippen LogP contribution is -2.59. The molecule has 0 spiro atoms. The van der Waals surface area contributed by atoms with E-state index in [2.05, 4.69) is 15.4 Å². The number of ether oxygens (including phenoxy) is 1. The van der Waals surface area contributed by atoms with Crippen LogP contribution < -0.4 is 15.4 Å². The zero-order valence-corrected chi connectivity index (χ0v) is 30.0. The summed E-state index contributed by atoms with van der Waals surface area (Å²) in [5.41, 5.74) is -0.467. The number of allylic oxidation sites excluding steroid dienone is 1. The molecule has 1 aromatic rings. The largest absolute Gasteiger partial charge is 0.444 e. The summed E-state index contributed by atoms with van der Waals surface area (Å²) in [4.78, 5) is 73.4. The molecule has 0 unspecified atom stereocenters. The van der Waals surface area contributed by atoms with Gasteiger partial charge >= 0.3 is 12.1 Å². The molecule has 4 fully saturated rings. The van der Waals surface area contributed by atoms with Gasteiger partial charge in [0.2, 0.25) is 21.8 Å². The first-order valence-corrected chi connectivity index (χ1v) is 20.1. The van der Waals surface area contributed by atoms with Crippen LogP contribution in [0.5, 0.6) is 0 Å². The van der Waals surface area contributed by atoms with Crippen molar-refractivity contribution in [2.45, 2.75) is 119 Å². The summed E-state index contributed by atoms with van der Waals surface area (Å²) in [7, 11) is -3.91. The van der Waals surface area contributed by atoms with Gasteiger partial charge in [-0.2, -0.15) is 0 Å². The molecule has 6 amide bonds. The summed E-state index contributed by atoms with van der Waals surface area (Å²) in [5.74, 6) is -2.89. The fourth-order valence-electron chi connectivity index (χ4n) is 7.91. The number of sulfonamides is 1. The molecule has 4 heterocycles. The average molecular weight is 743 g/mol. The van der Waals surface area contributed by atoms with E-state index < -0.39 is 74.5 Å². The number of urea groups is 1. The quantitative estimate of drug-likeness (QED) is 0.387. The van der Waals surface area contributed by atoms with Crippen molar-refractivity contribution in [3.05, 3.63) is 47.3 Å². The molecule has 1 aromatic carbocycles. The van der Waals surface area contributed by atoms with Crippen LogP contribution in [0, 0.1) is 11.7 Å². The van der Waals surface area contributed by atoms with Crippen molar-refractivity contribution in [3.8, 4) is 0 Å². The highest BCUT2D eigenvalue weighted by Crippen LogP contribution is 2.46. The standard InChI is InChI=1S/C36H47FN6O8S/c37-28-12-9-10-23-20-42(22-27(23)28)35(48)51-25-18-30-31(44)39-36(33(46)40-52(49,50)26-14-15-26)19-24(36)11-5-2-1-3-6-13-29(32(45)43(30)21-25)38-34(47)41-16-7-4-8-17-41/h5,9-12,24-26,29-30H,1-4,6-8,13-22H2,(H,38,47)(H,39,44)(H,40,46)/t24-,25-,29+,30+,36-/m1/s1. The van der Waals surface area contributed by atoms with E-state index in [-0.39, 0.29) is 38.5 Å². The van der Waals surface area contributed by atoms with Crippen molar-refractivity contribution in [3.63, 3.8) is 0 Å². The zero-order chi connectivity index (χ0) is 36.6. The van der Waals surface area contributed by atoms with Crippen molar-refractivity contribution < 1.29 is 41.5 Å². The van der Waals surface area contributed by atoms with E-state index in [1.54, 1.807) is 17.0 Å². The van der Waals surface area contributed by atoms with E-state index in [0.29, 0.717) is 56.3 Å². The fourth-order valence-corrected chi connectivity index (χ4v) is 9.28. The molecule has 16 heteroatoms. The topological polar surface area (TPSA) is 175 Å². The third-order valence-corrected chi connectivity index (χ3v) is 13.1. The number of hydrogen-bond acceptors (Lipinski definition) is 8. The number of halogens is 1. The Morgan fingerprint density at radius 2 is 1.73 bits per heavy atom. The van der Waals surface area contributed by atoms with Gasteiger partial charge < -0.3 is 25.2 Å². The maximum Gasteiger partial charge on any atom is 0.410 e. The van der Waals surface area contributed by atoms with Crippen molar-refractivity contribution in [2.24, 2.45) is 5.92 Å². The first kappa shape index (κ1) is 36.2. The number of likely N-dealkylation sites (tertiary alicyclic amines) is 1. The molecule has 0 aromatic heterocycles. The van der Waals surface area contributed by atoms with Crippen LogP contribution in [0.4, 0.5) is 14.0 Å². The molecule has 2 saturated heterocycles. The first-order valence-electron chi connectivity index (χ1n) is 18.6. The molecule has 52 heavy (non-hydrogen) atoms. The predicted molar refractivity (Wildman–Crippen MR) is 185 cm³/mol. The molecule has 2 saturated carbocycles. The van der Waals surface area contributed by atoms with Crippen molar-refractivity contribution in [1.29, 1.82) is 0 Å². The van der Waals surface area contributed by atoms with Crippen LogP contribution in [0.25, 0.3) is 0 Å². The van der Waals surface area contributed by atoms with Gasteiger partial charge in [0.15, 0.2) is 0 Å². The Hall–Kier alpha value is -4.21. The van der Waals surface area contributed by atoms with Gasteiger partial charge in [-0.05, 0) is 69.4 Å². The van der Waals surface area contributed by atoms with Gasteiger partial charge in [-0.25, -0.2) is 22.4 Å². The van der Waals surface area contributed by atoms with E-state index in [1.165, 1.54) is 15.9 Å². The lowest BCUT2D eigenvalue weighted by atomic mass is 10.0. The summed E-state index contributed by atoms with van der Waals surface area (Å²) < 4.78 is 48.0. The number of piperidine rings is 1. The number of rotatable bonds is 5. The number of carbonyl (C=O) groups excluding carboxylic acids is 5. The van der Waals surface area contributed by atoms with Crippen LogP contribution in [-0.2, 0) is 42.2 Å². The fraction of sp³-hybridized carbons (Fsp3) is 0.639. The minimum absolute atomic E-state index is 0.0149. The molecule has 2 aliphatic carbocycles. The number of benzene rings is 1. The van der Waals surface area contributed by atoms with Crippen molar-refractivity contribution in [2.75, 3.05) is 19.6 Å². The monoisotopic (exact) mass is 742 g/mol. The number of nitrogens with zero attached hydrogens (tertiary/aromatic N) is 3. The molecule has 6 aliphatic rings. The highest BCUT2D eigenvalue weighted by Gasteiger charge is 2.62. The lowest BCUT2D eigenvalue weighted by molar-refractivity contribution is -0.141. The van der Waals surface area contributed by atoms with Gasteiger partial charge in [0.1, 0.15) is 29.5 Å². The minimum Gasteiger partial charge on any atom is -0.444 e. The third-order valence-electron chi connectivity index (χ3n) is 11.2. The van der Waals surface area contributed by atoms with Gasteiger partial charge in [-0.15, -0.1) is 0 Å². The molecule has 5 atom stereocenters. The number of hydrogen-bond donors (Lipinski definition) is 3. The number of nitrogens with one attached hydrogen (secondary N) is 3. The van der Waals surface area contributed by atoms with E-state index in [9.17, 15) is 36.8 Å². The van der Waals surface area contributed by atoms with Crippen molar-refractivity contribution >= 4 is 39.9 Å². The molecular weight excluding hydrogens is 695 g/mol. The second kappa shape index (κ2) is 14.7. The Bertz CT molecular complexity index is 1750. The van der Waals surface area contributed by atoms with E-state index in [0.717, 1.165) is 32.1 Å². The molecule has 4 aliphatic heterocycles. The molecular formula is C36H47FN6O8S. The first-order chi connectivity index (χ1) is 24.9. The second-order valence-corrected chi connectivity index (χ2v) is 17.0. The van der Waals surface area contributed by atoms with E-state index >= 15 is 0 Å². The number of fused-ring (bicyclic) bond motifs is 3. The maximum absolute atomic E-state index is 14.4. The van der Waals surface area contributed by atoms with Gasteiger partial charge in [0, 0.05) is 37.5 Å². The highest BCUT2D eigenvalue weighted by molar-refractivity contribution is 7.91. The van der Waals surface area contributed by atoms with Crippen LogP contribution >= 0.6 is 0 Å². The van der Waals surface area contributed by atoms with E-state index in [4.69, 9.17) is 4.74 Å². The van der Waals surface area contributed by atoms with Gasteiger partial charge in [0.05, 0.1) is 18.3 Å². The van der Waals surface area contributed by atoms with Gasteiger partial charge in [0.25, 0.3) is 5.91 Å². The average Bonchev–Trinajstić information content (AvgIpc) is 4.01. The maximum atomic E-state index is 14.4. The van der Waals surface area contributed by atoms with Crippen LogP contribution in [0.15, 0.2) is 30.4 Å². The summed E-state index contributed by atoms with van der Waals surface area (Å²) in [6, 6.07) is 2.15. The van der Waals surface area contributed by atoms with Crippen molar-refractivity contribution in [1.82, 2.24) is 30.1 Å². The predicted octanol–water partition coefficient (Wildman–Crippen LogP) is 2.82. The summed E-state index contributed by atoms with van der Waals surface area (Å²) in [6.45, 7) is 1.18.